The molecule has 0 saturated heterocycles. The Balaban J connectivity index is 4.00. The van der Waals surface area contributed by atoms with Gasteiger partial charge in [0.1, 0.15) is 12.1 Å². The van der Waals surface area contributed by atoms with E-state index in [-0.39, 0.29) is 18.0 Å². The van der Waals surface area contributed by atoms with E-state index in [0.29, 0.717) is 38.6 Å². The largest absolute Gasteiger partial charge is 0.480 e. The van der Waals surface area contributed by atoms with Gasteiger partial charge in [0.15, 0.2) is 0 Å². The van der Waals surface area contributed by atoms with Crippen LogP contribution in [0.15, 0.2) is 48.6 Å². The number of unbranched alkanes of at least 4 members (excludes halogenated alkanes) is 10. The summed E-state index contributed by atoms with van der Waals surface area (Å²) in [6.07, 6.45) is 39.0. The van der Waals surface area contributed by atoms with Crippen molar-refractivity contribution in [3.05, 3.63) is 48.6 Å². The van der Waals surface area contributed by atoms with Crippen molar-refractivity contribution < 1.29 is 24.2 Å². The van der Waals surface area contributed by atoms with Crippen LogP contribution in [0.4, 0.5) is 0 Å². The number of rotatable bonds is 32. The molecule has 7 nitrogen and oxygen atoms in total. The molecule has 0 rings (SSSR count). The predicted molar refractivity (Wildman–Crippen MR) is 193 cm³/mol. The number of allylic oxidation sites excluding steroid dienone is 8. The fraction of sp³-hybridized carbons (Fsp3) is 0.718. The molecule has 0 fully saturated rings. The lowest BCUT2D eigenvalue weighted by molar-refractivity contribution is -0.150. The van der Waals surface area contributed by atoms with Gasteiger partial charge in [-0.25, -0.2) is 4.79 Å². The zero-order valence-corrected chi connectivity index (χ0v) is 29.4. The Hall–Kier alpha value is -2.67. The van der Waals surface area contributed by atoms with Crippen molar-refractivity contribution in [3.63, 3.8) is 0 Å². The Morgan fingerprint density at radius 2 is 1.20 bits per heavy atom. The third kappa shape index (κ3) is 30.0. The number of esters is 1. The van der Waals surface area contributed by atoms with E-state index in [1.807, 2.05) is 0 Å². The van der Waals surface area contributed by atoms with E-state index >= 15 is 0 Å². The van der Waals surface area contributed by atoms with Crippen LogP contribution in [0.1, 0.15) is 162 Å². The van der Waals surface area contributed by atoms with Crippen molar-refractivity contribution in [1.29, 1.82) is 0 Å². The van der Waals surface area contributed by atoms with E-state index in [4.69, 9.17) is 10.5 Å². The molecule has 2 atom stereocenters. The zero-order chi connectivity index (χ0) is 33.9. The standard InChI is InChI=1S/C39H68N2O5/c1-3-5-7-8-9-10-11-12-13-14-15-16-17-18-19-20-21-22-27-33-38(43)46-35(29-24-6-4-2)30-25-23-26-32-37(42)41-36(39(44)45)31-28-34-40/h5,7,9-10,12-13,15-16,35-36H,3-4,6,8,11,14,17-34,40H2,1-2H3,(H,41,42)(H,44,45)/b7-5-,10-9-,13-12-,16-15-. The summed E-state index contributed by atoms with van der Waals surface area (Å²) in [6, 6.07) is -0.875. The van der Waals surface area contributed by atoms with Crippen LogP contribution in [0.5, 0.6) is 0 Å². The van der Waals surface area contributed by atoms with Crippen molar-refractivity contribution in [3.8, 4) is 0 Å². The van der Waals surface area contributed by atoms with E-state index in [1.165, 1.54) is 19.3 Å². The summed E-state index contributed by atoms with van der Waals surface area (Å²) in [7, 11) is 0. The van der Waals surface area contributed by atoms with E-state index in [0.717, 1.165) is 96.3 Å². The molecule has 264 valence electrons. The average molecular weight is 645 g/mol. The Kier molecular flexibility index (Phi) is 31.7. The van der Waals surface area contributed by atoms with Gasteiger partial charge in [0, 0.05) is 12.8 Å². The maximum Gasteiger partial charge on any atom is 0.326 e. The fourth-order valence-corrected chi connectivity index (χ4v) is 5.15. The van der Waals surface area contributed by atoms with Gasteiger partial charge in [0.2, 0.25) is 5.91 Å². The summed E-state index contributed by atoms with van der Waals surface area (Å²) >= 11 is 0. The normalized spacial score (nSPS) is 13.3. The third-order valence-corrected chi connectivity index (χ3v) is 7.91. The van der Waals surface area contributed by atoms with Crippen LogP contribution in [0.3, 0.4) is 0 Å². The monoisotopic (exact) mass is 645 g/mol. The minimum atomic E-state index is -1.02. The molecule has 46 heavy (non-hydrogen) atoms. The van der Waals surface area contributed by atoms with E-state index in [1.54, 1.807) is 0 Å². The second kappa shape index (κ2) is 33.7. The summed E-state index contributed by atoms with van der Waals surface area (Å²) in [5.74, 6) is -1.34. The molecule has 0 bridgehead atoms. The highest BCUT2D eigenvalue weighted by Gasteiger charge is 2.19. The molecule has 0 aromatic rings. The highest BCUT2D eigenvalue weighted by atomic mass is 16.5. The number of carbonyl (C=O) groups excluding carboxylic acids is 2. The Morgan fingerprint density at radius 1 is 0.652 bits per heavy atom. The first-order valence-corrected chi connectivity index (χ1v) is 18.5. The molecule has 0 aliphatic rings. The predicted octanol–water partition coefficient (Wildman–Crippen LogP) is 9.66. The van der Waals surface area contributed by atoms with Gasteiger partial charge in [-0.2, -0.15) is 0 Å². The Bertz CT molecular complexity index is 864. The number of carboxylic acids is 1. The lowest BCUT2D eigenvalue weighted by Crippen LogP contribution is -2.40. The van der Waals surface area contributed by atoms with Gasteiger partial charge < -0.3 is 20.9 Å². The molecule has 0 radical (unpaired) electrons. The molecule has 1 amide bonds. The second-order valence-electron chi connectivity index (χ2n) is 12.3. The topological polar surface area (TPSA) is 119 Å². The van der Waals surface area contributed by atoms with Gasteiger partial charge in [-0.05, 0) is 96.4 Å². The number of carbonyl (C=O) groups is 3. The van der Waals surface area contributed by atoms with Crippen molar-refractivity contribution in [2.75, 3.05) is 6.54 Å². The highest BCUT2D eigenvalue weighted by Crippen LogP contribution is 2.17. The quantitative estimate of drug-likeness (QED) is 0.0381. The average Bonchev–Trinajstić information content (AvgIpc) is 3.03. The third-order valence-electron chi connectivity index (χ3n) is 7.91. The SMILES string of the molecule is CC/C=C\C/C=C\C/C=C\C/C=C\CCCCCCCCC(=O)OC(CCCCC)CCCCCC(=O)NC(CCCN)C(=O)O. The van der Waals surface area contributed by atoms with Gasteiger partial charge in [0.05, 0.1) is 0 Å². The first kappa shape index (κ1) is 43.3. The Labute approximate surface area is 281 Å². The summed E-state index contributed by atoms with van der Waals surface area (Å²) in [4.78, 5) is 36.0. The number of nitrogens with one attached hydrogen (secondary N) is 1. The van der Waals surface area contributed by atoms with Crippen LogP contribution < -0.4 is 11.1 Å². The van der Waals surface area contributed by atoms with Gasteiger partial charge in [0.25, 0.3) is 0 Å². The van der Waals surface area contributed by atoms with E-state index in [9.17, 15) is 19.5 Å². The maximum atomic E-state index is 12.5. The number of hydrogen-bond donors (Lipinski definition) is 3. The zero-order valence-electron chi connectivity index (χ0n) is 29.4. The number of nitrogens with two attached hydrogens (primary N) is 1. The minimum Gasteiger partial charge on any atom is -0.480 e. The van der Waals surface area contributed by atoms with Crippen molar-refractivity contribution in [2.45, 2.75) is 174 Å². The lowest BCUT2D eigenvalue weighted by Gasteiger charge is -2.18. The summed E-state index contributed by atoms with van der Waals surface area (Å²) < 4.78 is 5.87. The smallest absolute Gasteiger partial charge is 0.326 e. The molecular formula is C39H68N2O5. The molecule has 0 heterocycles. The van der Waals surface area contributed by atoms with E-state index < -0.39 is 12.0 Å². The van der Waals surface area contributed by atoms with Gasteiger partial charge in [-0.15, -0.1) is 0 Å². The number of hydrogen-bond acceptors (Lipinski definition) is 5. The Morgan fingerprint density at radius 3 is 1.80 bits per heavy atom. The maximum absolute atomic E-state index is 12.5. The fourth-order valence-electron chi connectivity index (χ4n) is 5.15. The van der Waals surface area contributed by atoms with Crippen molar-refractivity contribution in [1.82, 2.24) is 5.32 Å². The molecule has 0 aliphatic heterocycles. The van der Waals surface area contributed by atoms with E-state index in [2.05, 4.69) is 67.8 Å². The summed E-state index contributed by atoms with van der Waals surface area (Å²) in [6.45, 7) is 4.72. The molecule has 7 heteroatoms. The van der Waals surface area contributed by atoms with Crippen LogP contribution in [0, 0.1) is 0 Å². The first-order chi connectivity index (χ1) is 22.4. The lowest BCUT2D eigenvalue weighted by atomic mass is 10.0. The number of aliphatic carboxylic acids is 1. The number of carboxylic acid groups (broad SMARTS) is 1. The van der Waals surface area contributed by atoms with Gasteiger partial charge >= 0.3 is 11.9 Å². The van der Waals surface area contributed by atoms with Crippen LogP contribution in [-0.2, 0) is 19.1 Å². The van der Waals surface area contributed by atoms with Gasteiger partial charge in [-0.3, -0.25) is 9.59 Å². The molecule has 2 unspecified atom stereocenters. The van der Waals surface area contributed by atoms with Crippen molar-refractivity contribution >= 4 is 17.8 Å². The highest BCUT2D eigenvalue weighted by molar-refractivity contribution is 5.83. The molecule has 0 saturated carbocycles. The van der Waals surface area contributed by atoms with Gasteiger partial charge in [-0.1, -0.05) is 107 Å². The summed E-state index contributed by atoms with van der Waals surface area (Å²) in [5.41, 5.74) is 5.46. The molecule has 0 aromatic heterocycles. The summed E-state index contributed by atoms with van der Waals surface area (Å²) in [5, 5.41) is 11.9. The van der Waals surface area contributed by atoms with Crippen LogP contribution in [0.25, 0.3) is 0 Å². The van der Waals surface area contributed by atoms with Crippen molar-refractivity contribution in [2.24, 2.45) is 5.73 Å². The van der Waals surface area contributed by atoms with Crippen LogP contribution in [0.2, 0.25) is 0 Å². The molecule has 4 N–H and O–H groups in total. The molecule has 0 aliphatic carbocycles. The number of amides is 1. The number of ether oxygens (including phenoxy) is 1. The first-order valence-electron chi connectivity index (χ1n) is 18.5. The minimum absolute atomic E-state index is 0.0566. The molecule has 0 aromatic carbocycles. The molecule has 0 spiro atoms. The van der Waals surface area contributed by atoms with Crippen LogP contribution in [-0.4, -0.2) is 41.6 Å². The molecular weight excluding hydrogens is 576 g/mol. The van der Waals surface area contributed by atoms with Crippen LogP contribution >= 0.6 is 0 Å². The second-order valence-corrected chi connectivity index (χ2v) is 12.3.